The highest BCUT2D eigenvalue weighted by Gasteiger charge is 2.11. The van der Waals surface area contributed by atoms with Gasteiger partial charge in [0.25, 0.3) is 11.6 Å². The van der Waals surface area contributed by atoms with Crippen molar-refractivity contribution in [3.05, 3.63) is 69.8 Å². The second kappa shape index (κ2) is 8.67. The number of amides is 1. The van der Waals surface area contributed by atoms with Gasteiger partial charge in [-0.25, -0.2) is 0 Å². The normalized spacial score (nSPS) is 10.2. The van der Waals surface area contributed by atoms with Crippen LogP contribution >= 0.6 is 0 Å². The molecule has 0 fully saturated rings. The van der Waals surface area contributed by atoms with Crippen molar-refractivity contribution in [2.24, 2.45) is 0 Å². The van der Waals surface area contributed by atoms with E-state index in [0.29, 0.717) is 17.9 Å². The maximum atomic E-state index is 11.7. The molecule has 24 heavy (non-hydrogen) atoms. The molecule has 0 aliphatic carbocycles. The lowest BCUT2D eigenvalue weighted by Crippen LogP contribution is -2.29. The summed E-state index contributed by atoms with van der Waals surface area (Å²) < 4.78 is 5.36. The van der Waals surface area contributed by atoms with Gasteiger partial charge in [0.1, 0.15) is 5.75 Å². The molecule has 6 nitrogen and oxygen atoms in total. The number of nitro groups is 1. The summed E-state index contributed by atoms with van der Waals surface area (Å²) in [5.74, 6) is 0.233. The number of benzene rings is 2. The average molecular weight is 328 g/mol. The van der Waals surface area contributed by atoms with Crippen LogP contribution in [-0.2, 0) is 11.2 Å². The van der Waals surface area contributed by atoms with Crippen molar-refractivity contribution in [3.63, 3.8) is 0 Å². The summed E-state index contributed by atoms with van der Waals surface area (Å²) in [4.78, 5) is 22.0. The van der Waals surface area contributed by atoms with Crippen molar-refractivity contribution in [2.45, 2.75) is 19.8 Å². The number of hydrogen-bond acceptors (Lipinski definition) is 4. The van der Waals surface area contributed by atoms with Gasteiger partial charge in [-0.05, 0) is 37.5 Å². The van der Waals surface area contributed by atoms with Crippen LogP contribution in [0.15, 0.2) is 48.5 Å². The number of rotatable bonds is 8. The molecule has 0 aliphatic rings. The molecule has 0 aromatic heterocycles. The van der Waals surface area contributed by atoms with Crippen molar-refractivity contribution < 1.29 is 14.5 Å². The van der Waals surface area contributed by atoms with Crippen LogP contribution in [0.1, 0.15) is 17.5 Å². The lowest BCUT2D eigenvalue weighted by molar-refractivity contribution is -0.385. The Labute approximate surface area is 140 Å². The van der Waals surface area contributed by atoms with Crippen LogP contribution in [0.5, 0.6) is 5.75 Å². The van der Waals surface area contributed by atoms with Gasteiger partial charge < -0.3 is 10.1 Å². The predicted molar refractivity (Wildman–Crippen MR) is 91.1 cm³/mol. The van der Waals surface area contributed by atoms with Gasteiger partial charge in [-0.3, -0.25) is 14.9 Å². The highest BCUT2D eigenvalue weighted by molar-refractivity contribution is 5.77. The maximum absolute atomic E-state index is 11.7. The third kappa shape index (κ3) is 5.39. The number of ether oxygens (including phenoxy) is 1. The van der Waals surface area contributed by atoms with Gasteiger partial charge in [-0.15, -0.1) is 0 Å². The molecule has 1 amide bonds. The average Bonchev–Trinajstić information content (AvgIpc) is 2.57. The number of hydrogen-bond donors (Lipinski definition) is 1. The molecule has 0 heterocycles. The Morgan fingerprint density at radius 3 is 2.62 bits per heavy atom. The van der Waals surface area contributed by atoms with Crippen molar-refractivity contribution in [2.75, 3.05) is 13.2 Å². The van der Waals surface area contributed by atoms with E-state index in [1.54, 1.807) is 13.0 Å². The van der Waals surface area contributed by atoms with Crippen molar-refractivity contribution in [1.82, 2.24) is 5.32 Å². The molecule has 2 aromatic rings. The van der Waals surface area contributed by atoms with Crippen LogP contribution in [0.4, 0.5) is 5.69 Å². The summed E-state index contributed by atoms with van der Waals surface area (Å²) in [7, 11) is 0. The SMILES string of the molecule is Cc1cc(OCC(=O)NCCCc2ccccc2)ccc1[N+](=O)[O-]. The maximum Gasteiger partial charge on any atom is 0.272 e. The molecular weight excluding hydrogens is 308 g/mol. The molecule has 0 radical (unpaired) electrons. The number of carbonyl (C=O) groups is 1. The summed E-state index contributed by atoms with van der Waals surface area (Å²) in [6.07, 6.45) is 1.76. The monoisotopic (exact) mass is 328 g/mol. The van der Waals surface area contributed by atoms with E-state index in [1.807, 2.05) is 18.2 Å². The molecule has 0 aliphatic heterocycles. The fourth-order valence-electron chi connectivity index (χ4n) is 2.29. The zero-order chi connectivity index (χ0) is 17.4. The Morgan fingerprint density at radius 2 is 1.96 bits per heavy atom. The molecule has 0 unspecified atom stereocenters. The molecule has 126 valence electrons. The summed E-state index contributed by atoms with van der Waals surface area (Å²) in [6, 6.07) is 14.5. The van der Waals surface area contributed by atoms with E-state index in [9.17, 15) is 14.9 Å². The summed E-state index contributed by atoms with van der Waals surface area (Å²) >= 11 is 0. The summed E-state index contributed by atoms with van der Waals surface area (Å²) in [6.45, 7) is 2.10. The highest BCUT2D eigenvalue weighted by atomic mass is 16.6. The van der Waals surface area contributed by atoms with Gasteiger partial charge in [0.2, 0.25) is 0 Å². The van der Waals surface area contributed by atoms with Crippen LogP contribution in [0.2, 0.25) is 0 Å². The third-order valence-corrected chi connectivity index (χ3v) is 3.54. The number of nitrogens with one attached hydrogen (secondary N) is 1. The molecule has 1 N–H and O–H groups in total. The standard InChI is InChI=1S/C18H20N2O4/c1-14-12-16(9-10-17(14)20(22)23)24-13-18(21)19-11-5-8-15-6-3-2-4-7-15/h2-4,6-7,9-10,12H,5,8,11,13H2,1H3,(H,19,21). The third-order valence-electron chi connectivity index (χ3n) is 3.54. The van der Waals surface area contributed by atoms with E-state index in [4.69, 9.17) is 4.74 Å². The second-order valence-electron chi connectivity index (χ2n) is 5.43. The molecule has 0 saturated heterocycles. The molecule has 2 aromatic carbocycles. The minimum absolute atomic E-state index is 0.0349. The van der Waals surface area contributed by atoms with Crippen molar-refractivity contribution >= 4 is 11.6 Å². The number of aryl methyl sites for hydroxylation is 2. The summed E-state index contributed by atoms with van der Waals surface area (Å²) in [5.41, 5.74) is 1.78. The first-order valence-corrected chi connectivity index (χ1v) is 7.75. The first-order chi connectivity index (χ1) is 11.6. The predicted octanol–water partition coefficient (Wildman–Crippen LogP) is 3.03. The minimum atomic E-state index is -0.446. The molecule has 0 bridgehead atoms. The lowest BCUT2D eigenvalue weighted by Gasteiger charge is -2.08. The number of carbonyl (C=O) groups excluding carboxylic acids is 1. The van der Waals surface area contributed by atoms with E-state index in [1.165, 1.54) is 17.7 Å². The van der Waals surface area contributed by atoms with Crippen LogP contribution in [0.25, 0.3) is 0 Å². The molecular formula is C18H20N2O4. The van der Waals surface area contributed by atoms with E-state index < -0.39 is 4.92 Å². The molecule has 0 spiro atoms. The quantitative estimate of drug-likeness (QED) is 0.459. The van der Waals surface area contributed by atoms with Crippen molar-refractivity contribution in [3.8, 4) is 5.75 Å². The van der Waals surface area contributed by atoms with E-state index in [0.717, 1.165) is 12.8 Å². The van der Waals surface area contributed by atoms with E-state index >= 15 is 0 Å². The summed E-state index contributed by atoms with van der Waals surface area (Å²) in [5, 5.41) is 13.5. The van der Waals surface area contributed by atoms with Crippen LogP contribution in [0.3, 0.4) is 0 Å². The van der Waals surface area contributed by atoms with Crippen LogP contribution in [-0.4, -0.2) is 24.0 Å². The molecule has 0 atom stereocenters. The number of nitrogens with zero attached hydrogens (tertiary/aromatic N) is 1. The topological polar surface area (TPSA) is 81.5 Å². The van der Waals surface area contributed by atoms with Crippen LogP contribution in [0, 0.1) is 17.0 Å². The first kappa shape index (κ1) is 17.5. The largest absolute Gasteiger partial charge is 0.484 e. The van der Waals surface area contributed by atoms with Gasteiger partial charge in [0.05, 0.1) is 4.92 Å². The Kier molecular flexibility index (Phi) is 6.31. The fourth-order valence-corrected chi connectivity index (χ4v) is 2.29. The zero-order valence-electron chi connectivity index (χ0n) is 13.5. The lowest BCUT2D eigenvalue weighted by atomic mass is 10.1. The van der Waals surface area contributed by atoms with Crippen LogP contribution < -0.4 is 10.1 Å². The van der Waals surface area contributed by atoms with E-state index in [-0.39, 0.29) is 18.2 Å². The van der Waals surface area contributed by atoms with Gasteiger partial charge in [0, 0.05) is 18.2 Å². The molecule has 6 heteroatoms. The number of nitro benzene ring substituents is 1. The van der Waals surface area contributed by atoms with Gasteiger partial charge in [-0.2, -0.15) is 0 Å². The van der Waals surface area contributed by atoms with Gasteiger partial charge in [-0.1, -0.05) is 30.3 Å². The second-order valence-corrected chi connectivity index (χ2v) is 5.43. The Morgan fingerprint density at radius 1 is 1.21 bits per heavy atom. The zero-order valence-corrected chi connectivity index (χ0v) is 13.5. The minimum Gasteiger partial charge on any atom is -0.484 e. The first-order valence-electron chi connectivity index (χ1n) is 7.75. The highest BCUT2D eigenvalue weighted by Crippen LogP contribution is 2.22. The Balaban J connectivity index is 1.69. The van der Waals surface area contributed by atoms with Gasteiger partial charge in [0.15, 0.2) is 6.61 Å². The van der Waals surface area contributed by atoms with E-state index in [2.05, 4.69) is 17.4 Å². The molecule has 0 saturated carbocycles. The molecule has 2 rings (SSSR count). The Bertz CT molecular complexity index is 701. The smallest absolute Gasteiger partial charge is 0.272 e. The van der Waals surface area contributed by atoms with Gasteiger partial charge >= 0.3 is 0 Å². The van der Waals surface area contributed by atoms with Crippen molar-refractivity contribution in [1.29, 1.82) is 0 Å². The Hall–Kier alpha value is -2.89. The fraction of sp³-hybridized carbons (Fsp3) is 0.278.